The maximum Gasteiger partial charge on any atom is 0.374 e. The van der Waals surface area contributed by atoms with Crippen molar-refractivity contribution in [2.75, 3.05) is 13.2 Å². The molecule has 0 bridgehead atoms. The zero-order valence-corrected chi connectivity index (χ0v) is 7.05. The molecule has 0 fully saturated rings. The van der Waals surface area contributed by atoms with Crippen molar-refractivity contribution in [3.8, 4) is 0 Å². The maximum atomic E-state index is 11.0. The summed E-state index contributed by atoms with van der Waals surface area (Å²) in [7, 11) is 0. The summed E-state index contributed by atoms with van der Waals surface area (Å²) in [5.41, 5.74) is 0.355. The molecule has 0 N–H and O–H groups in total. The van der Waals surface area contributed by atoms with Crippen molar-refractivity contribution < 1.29 is 19.1 Å². The molecule has 4 nitrogen and oxygen atoms in total. The summed E-state index contributed by atoms with van der Waals surface area (Å²) in [6, 6.07) is 0. The number of ketones is 1. The van der Waals surface area contributed by atoms with Gasteiger partial charge in [-0.25, -0.2) is 4.79 Å². The molecule has 0 saturated heterocycles. The van der Waals surface area contributed by atoms with E-state index in [1.807, 2.05) is 0 Å². The third kappa shape index (κ3) is 1.47. The highest BCUT2D eigenvalue weighted by atomic mass is 16.6. The lowest BCUT2D eigenvalue weighted by Crippen LogP contribution is -2.08. The quantitative estimate of drug-likeness (QED) is 0.564. The molecule has 12 heavy (non-hydrogen) atoms. The second kappa shape index (κ2) is 3.38. The highest BCUT2D eigenvalue weighted by Gasteiger charge is 2.27. The molecule has 0 aromatic carbocycles. The smallest absolute Gasteiger partial charge is 0.374 e. The molecule has 0 aliphatic carbocycles. The van der Waals surface area contributed by atoms with Gasteiger partial charge in [0.1, 0.15) is 0 Å². The van der Waals surface area contributed by atoms with E-state index in [1.165, 1.54) is 0 Å². The lowest BCUT2D eigenvalue weighted by molar-refractivity contribution is -0.142. The SMILES string of the molecule is CCOC(=O)C1=C(C)C(=O)CO1. The molecule has 0 atom stereocenters. The first-order valence-corrected chi connectivity index (χ1v) is 3.70. The van der Waals surface area contributed by atoms with Crippen LogP contribution in [0.5, 0.6) is 0 Å². The molecule has 1 rings (SSSR count). The fourth-order valence-electron chi connectivity index (χ4n) is 0.890. The van der Waals surface area contributed by atoms with Crippen molar-refractivity contribution in [1.82, 2.24) is 0 Å². The minimum absolute atomic E-state index is 0.0417. The number of carbonyl (C=O) groups excluding carboxylic acids is 2. The van der Waals surface area contributed by atoms with Crippen LogP contribution in [0.15, 0.2) is 11.3 Å². The minimum Gasteiger partial charge on any atom is -0.478 e. The topological polar surface area (TPSA) is 52.6 Å². The molecule has 1 heterocycles. The molecular formula is C8H10O4. The summed E-state index contributed by atoms with van der Waals surface area (Å²) in [4.78, 5) is 21.9. The van der Waals surface area contributed by atoms with Crippen molar-refractivity contribution in [3.05, 3.63) is 11.3 Å². The van der Waals surface area contributed by atoms with Gasteiger partial charge >= 0.3 is 5.97 Å². The van der Waals surface area contributed by atoms with Crippen molar-refractivity contribution in [2.24, 2.45) is 0 Å². The highest BCUT2D eigenvalue weighted by molar-refractivity contribution is 6.05. The van der Waals surface area contributed by atoms with Crippen molar-refractivity contribution in [2.45, 2.75) is 13.8 Å². The van der Waals surface area contributed by atoms with E-state index in [-0.39, 0.29) is 24.8 Å². The Kier molecular flexibility index (Phi) is 2.47. The van der Waals surface area contributed by atoms with Gasteiger partial charge in [-0.15, -0.1) is 0 Å². The minimum atomic E-state index is -0.555. The van der Waals surface area contributed by atoms with Crippen LogP contribution < -0.4 is 0 Å². The van der Waals surface area contributed by atoms with E-state index < -0.39 is 5.97 Å². The van der Waals surface area contributed by atoms with Crippen molar-refractivity contribution in [1.29, 1.82) is 0 Å². The average molecular weight is 170 g/mol. The van der Waals surface area contributed by atoms with Gasteiger partial charge in [0.25, 0.3) is 0 Å². The number of carbonyl (C=O) groups is 2. The van der Waals surface area contributed by atoms with Gasteiger partial charge in [-0.1, -0.05) is 0 Å². The molecule has 0 amide bonds. The summed E-state index contributed by atoms with van der Waals surface area (Å²) >= 11 is 0. The fraction of sp³-hybridized carbons (Fsp3) is 0.500. The first kappa shape index (κ1) is 8.77. The molecule has 0 aromatic heterocycles. The van der Waals surface area contributed by atoms with Crippen LogP contribution in [0.2, 0.25) is 0 Å². The second-order valence-corrected chi connectivity index (χ2v) is 2.39. The van der Waals surface area contributed by atoms with Crippen LogP contribution >= 0.6 is 0 Å². The molecule has 4 heteroatoms. The molecule has 0 radical (unpaired) electrons. The zero-order valence-electron chi connectivity index (χ0n) is 7.05. The number of ether oxygens (including phenoxy) is 2. The highest BCUT2D eigenvalue weighted by Crippen LogP contribution is 2.16. The van der Waals surface area contributed by atoms with Crippen LogP contribution in [0, 0.1) is 0 Å². The number of Topliss-reactive ketones (excluding diaryl/α,β-unsaturated/α-hetero) is 1. The lowest BCUT2D eigenvalue weighted by atomic mass is 10.2. The van der Waals surface area contributed by atoms with Crippen molar-refractivity contribution >= 4 is 11.8 Å². The van der Waals surface area contributed by atoms with Crippen LogP contribution in [-0.2, 0) is 19.1 Å². The Morgan fingerprint density at radius 3 is 2.75 bits per heavy atom. The van der Waals surface area contributed by atoms with Crippen molar-refractivity contribution in [3.63, 3.8) is 0 Å². The van der Waals surface area contributed by atoms with E-state index in [0.717, 1.165) is 0 Å². The Morgan fingerprint density at radius 2 is 2.33 bits per heavy atom. The van der Waals surface area contributed by atoms with E-state index in [9.17, 15) is 9.59 Å². The second-order valence-electron chi connectivity index (χ2n) is 2.39. The molecule has 1 aliphatic heterocycles. The maximum absolute atomic E-state index is 11.0. The Morgan fingerprint density at radius 1 is 1.67 bits per heavy atom. The molecule has 0 aromatic rings. The normalized spacial score (nSPS) is 16.3. The Bertz CT molecular complexity index is 252. The van der Waals surface area contributed by atoms with Gasteiger partial charge in [-0.2, -0.15) is 0 Å². The summed E-state index contributed by atoms with van der Waals surface area (Å²) in [5, 5.41) is 0. The lowest BCUT2D eigenvalue weighted by Gasteiger charge is -2.01. The zero-order chi connectivity index (χ0) is 9.14. The monoisotopic (exact) mass is 170 g/mol. The van der Waals surface area contributed by atoms with Gasteiger partial charge in [-0.05, 0) is 13.8 Å². The largest absolute Gasteiger partial charge is 0.478 e. The van der Waals surface area contributed by atoms with Gasteiger partial charge in [0.15, 0.2) is 12.4 Å². The molecule has 1 aliphatic rings. The van der Waals surface area contributed by atoms with Gasteiger partial charge in [0.2, 0.25) is 5.76 Å². The number of esters is 1. The van der Waals surface area contributed by atoms with Gasteiger partial charge in [0.05, 0.1) is 6.61 Å². The summed E-state index contributed by atoms with van der Waals surface area (Å²) in [5.74, 6) is -0.652. The summed E-state index contributed by atoms with van der Waals surface area (Å²) in [6.45, 7) is 3.50. The first-order chi connectivity index (χ1) is 5.66. The standard InChI is InChI=1S/C8H10O4/c1-3-11-8(10)7-5(2)6(9)4-12-7/h3-4H2,1-2H3. The molecule has 0 saturated carbocycles. The van der Waals surface area contributed by atoms with Crippen LogP contribution in [0.4, 0.5) is 0 Å². The summed E-state index contributed by atoms with van der Waals surface area (Å²) < 4.78 is 9.52. The van der Waals surface area contributed by atoms with E-state index >= 15 is 0 Å². The predicted octanol–water partition coefficient (Wildman–Crippen LogP) is 0.423. The molecule has 0 spiro atoms. The fourth-order valence-corrected chi connectivity index (χ4v) is 0.890. The number of hydrogen-bond donors (Lipinski definition) is 0. The van der Waals surface area contributed by atoms with Gasteiger partial charge in [0, 0.05) is 5.57 Å². The number of hydrogen-bond acceptors (Lipinski definition) is 4. The predicted molar refractivity (Wildman–Crippen MR) is 40.3 cm³/mol. The third-order valence-corrected chi connectivity index (χ3v) is 1.57. The number of rotatable bonds is 2. The average Bonchev–Trinajstić information content (AvgIpc) is 2.34. The third-order valence-electron chi connectivity index (χ3n) is 1.57. The Hall–Kier alpha value is -1.32. The molecular weight excluding hydrogens is 160 g/mol. The van der Waals surface area contributed by atoms with E-state index in [1.54, 1.807) is 13.8 Å². The summed E-state index contributed by atoms with van der Waals surface area (Å²) in [6.07, 6.45) is 0. The Balaban J connectivity index is 2.75. The first-order valence-electron chi connectivity index (χ1n) is 3.70. The van der Waals surface area contributed by atoms with Gasteiger partial charge < -0.3 is 9.47 Å². The molecule has 0 unspecified atom stereocenters. The van der Waals surface area contributed by atoms with Crippen LogP contribution in [0.25, 0.3) is 0 Å². The van der Waals surface area contributed by atoms with Crippen LogP contribution in [0.3, 0.4) is 0 Å². The van der Waals surface area contributed by atoms with Crippen LogP contribution in [0.1, 0.15) is 13.8 Å². The van der Waals surface area contributed by atoms with Gasteiger partial charge in [-0.3, -0.25) is 4.79 Å². The van der Waals surface area contributed by atoms with E-state index in [4.69, 9.17) is 4.74 Å². The molecule has 66 valence electrons. The Labute approximate surface area is 70.1 Å². The van der Waals surface area contributed by atoms with E-state index in [2.05, 4.69) is 4.74 Å². The van der Waals surface area contributed by atoms with E-state index in [0.29, 0.717) is 5.57 Å². The van der Waals surface area contributed by atoms with Crippen LogP contribution in [-0.4, -0.2) is 25.0 Å².